The molecule has 2 N–H and O–H groups in total. The van der Waals surface area contributed by atoms with Gasteiger partial charge < -0.3 is 15.4 Å². The van der Waals surface area contributed by atoms with Gasteiger partial charge in [0.15, 0.2) is 0 Å². The van der Waals surface area contributed by atoms with Crippen LogP contribution in [0.4, 0.5) is 11.4 Å². The van der Waals surface area contributed by atoms with Crippen LogP contribution in [0.2, 0.25) is 0 Å². The van der Waals surface area contributed by atoms with Gasteiger partial charge in [-0.2, -0.15) is 0 Å². The predicted molar refractivity (Wildman–Crippen MR) is 90.9 cm³/mol. The molecule has 6 heteroatoms. The molecule has 0 heterocycles. The van der Waals surface area contributed by atoms with Crippen LogP contribution in [-0.4, -0.2) is 24.9 Å². The molecule has 0 aliphatic heterocycles. The number of hydrogen-bond donors (Lipinski definition) is 2. The molecule has 2 aromatic carbocycles. The summed E-state index contributed by atoms with van der Waals surface area (Å²) >= 11 is 0. The maximum atomic E-state index is 12.2. The van der Waals surface area contributed by atoms with Crippen LogP contribution in [0.1, 0.15) is 22.8 Å². The molecule has 0 unspecified atom stereocenters. The number of benzene rings is 2. The number of para-hydroxylation sites is 1. The zero-order valence-corrected chi connectivity index (χ0v) is 13.5. The minimum atomic E-state index is -0.509. The molecular weight excluding hydrogens is 308 g/mol. The number of carbonyl (C=O) groups excluding carboxylic acids is 3. The van der Waals surface area contributed by atoms with Crippen LogP contribution in [0.3, 0.4) is 0 Å². The summed E-state index contributed by atoms with van der Waals surface area (Å²) in [5, 5.41) is 5.37. The fourth-order valence-electron chi connectivity index (χ4n) is 2.17. The standard InChI is InChI=1S/C18H18N2O4/c1-12(21)19-14-9-7-13(8-10-14)11-17(22)20-16-6-4-3-5-15(16)18(23)24-2/h3-10H,11H2,1-2H3,(H,19,21)(H,20,22). The van der Waals surface area contributed by atoms with E-state index >= 15 is 0 Å². The molecule has 0 aliphatic rings. The van der Waals surface area contributed by atoms with Crippen LogP contribution in [0.5, 0.6) is 0 Å². The fourth-order valence-corrected chi connectivity index (χ4v) is 2.17. The van der Waals surface area contributed by atoms with Crippen molar-refractivity contribution in [1.29, 1.82) is 0 Å². The molecule has 6 nitrogen and oxygen atoms in total. The first kappa shape index (κ1) is 17.2. The van der Waals surface area contributed by atoms with E-state index in [1.54, 1.807) is 48.5 Å². The molecule has 124 valence electrons. The molecule has 0 atom stereocenters. The van der Waals surface area contributed by atoms with Gasteiger partial charge in [-0.3, -0.25) is 9.59 Å². The number of esters is 1. The smallest absolute Gasteiger partial charge is 0.339 e. The van der Waals surface area contributed by atoms with Gasteiger partial charge in [-0.25, -0.2) is 4.79 Å². The Hall–Kier alpha value is -3.15. The first-order valence-electron chi connectivity index (χ1n) is 7.33. The number of methoxy groups -OCH3 is 1. The highest BCUT2D eigenvalue weighted by Crippen LogP contribution is 2.17. The van der Waals surface area contributed by atoms with Gasteiger partial charge >= 0.3 is 5.97 Å². The first-order valence-corrected chi connectivity index (χ1v) is 7.33. The molecule has 0 aliphatic carbocycles. The molecule has 2 aromatic rings. The number of rotatable bonds is 5. The summed E-state index contributed by atoms with van der Waals surface area (Å²) in [7, 11) is 1.29. The number of carbonyl (C=O) groups is 3. The maximum absolute atomic E-state index is 12.2. The number of anilines is 2. The van der Waals surface area contributed by atoms with Crippen molar-refractivity contribution in [2.75, 3.05) is 17.7 Å². The Labute approximate surface area is 139 Å². The topological polar surface area (TPSA) is 84.5 Å². The predicted octanol–water partition coefficient (Wildman–Crippen LogP) is 2.61. The minimum Gasteiger partial charge on any atom is -0.465 e. The Morgan fingerprint density at radius 1 is 0.958 bits per heavy atom. The van der Waals surface area contributed by atoms with Crippen LogP contribution in [0.25, 0.3) is 0 Å². The van der Waals surface area contributed by atoms with Crippen molar-refractivity contribution in [3.05, 3.63) is 59.7 Å². The highest BCUT2D eigenvalue weighted by atomic mass is 16.5. The third-order valence-electron chi connectivity index (χ3n) is 3.25. The van der Waals surface area contributed by atoms with E-state index in [0.29, 0.717) is 16.9 Å². The lowest BCUT2D eigenvalue weighted by Gasteiger charge is -2.10. The van der Waals surface area contributed by atoms with E-state index in [9.17, 15) is 14.4 Å². The quantitative estimate of drug-likeness (QED) is 0.827. The molecule has 0 saturated carbocycles. The van der Waals surface area contributed by atoms with E-state index in [1.165, 1.54) is 14.0 Å². The molecule has 2 rings (SSSR count). The third-order valence-corrected chi connectivity index (χ3v) is 3.25. The monoisotopic (exact) mass is 326 g/mol. The molecule has 24 heavy (non-hydrogen) atoms. The second-order valence-corrected chi connectivity index (χ2v) is 5.14. The molecule has 0 fully saturated rings. The number of nitrogens with one attached hydrogen (secondary N) is 2. The van der Waals surface area contributed by atoms with E-state index in [-0.39, 0.29) is 18.2 Å². The van der Waals surface area contributed by atoms with Crippen molar-refractivity contribution < 1.29 is 19.1 Å². The summed E-state index contributed by atoms with van der Waals surface area (Å²) in [5.74, 6) is -0.913. The van der Waals surface area contributed by atoms with Gasteiger partial charge in [0, 0.05) is 12.6 Å². The highest BCUT2D eigenvalue weighted by Gasteiger charge is 2.13. The van der Waals surface area contributed by atoms with Crippen molar-refractivity contribution in [2.45, 2.75) is 13.3 Å². The van der Waals surface area contributed by atoms with Gasteiger partial charge in [0.2, 0.25) is 11.8 Å². The van der Waals surface area contributed by atoms with Crippen LogP contribution in [0.15, 0.2) is 48.5 Å². The Morgan fingerprint density at radius 3 is 2.25 bits per heavy atom. The fraction of sp³-hybridized carbons (Fsp3) is 0.167. The molecule has 0 aromatic heterocycles. The van der Waals surface area contributed by atoms with Gasteiger partial charge in [0.25, 0.3) is 0 Å². The van der Waals surface area contributed by atoms with E-state index in [0.717, 1.165) is 5.56 Å². The molecule has 0 saturated heterocycles. The molecule has 0 spiro atoms. The second-order valence-electron chi connectivity index (χ2n) is 5.14. The summed E-state index contributed by atoms with van der Waals surface area (Å²) in [4.78, 5) is 34.8. The van der Waals surface area contributed by atoms with Crippen molar-refractivity contribution >= 4 is 29.2 Å². The lowest BCUT2D eigenvalue weighted by atomic mass is 10.1. The lowest BCUT2D eigenvalue weighted by Crippen LogP contribution is -2.17. The van der Waals surface area contributed by atoms with Crippen molar-refractivity contribution in [1.82, 2.24) is 0 Å². The van der Waals surface area contributed by atoms with Crippen molar-refractivity contribution in [2.24, 2.45) is 0 Å². The summed E-state index contributed by atoms with van der Waals surface area (Å²) in [6, 6.07) is 13.6. The van der Waals surface area contributed by atoms with Crippen LogP contribution in [-0.2, 0) is 20.7 Å². The zero-order valence-electron chi connectivity index (χ0n) is 13.5. The average molecular weight is 326 g/mol. The van der Waals surface area contributed by atoms with Crippen molar-refractivity contribution in [3.8, 4) is 0 Å². The van der Waals surface area contributed by atoms with Crippen LogP contribution in [0, 0.1) is 0 Å². The summed E-state index contributed by atoms with van der Waals surface area (Å²) in [5.41, 5.74) is 2.17. The Morgan fingerprint density at radius 2 is 1.62 bits per heavy atom. The van der Waals surface area contributed by atoms with Gasteiger partial charge in [0.05, 0.1) is 24.8 Å². The van der Waals surface area contributed by atoms with E-state index in [4.69, 9.17) is 4.74 Å². The number of amides is 2. The SMILES string of the molecule is COC(=O)c1ccccc1NC(=O)Cc1ccc(NC(C)=O)cc1. The van der Waals surface area contributed by atoms with Crippen LogP contribution < -0.4 is 10.6 Å². The average Bonchev–Trinajstić information content (AvgIpc) is 2.56. The van der Waals surface area contributed by atoms with Gasteiger partial charge in [-0.05, 0) is 29.8 Å². The maximum Gasteiger partial charge on any atom is 0.339 e. The largest absolute Gasteiger partial charge is 0.465 e. The molecule has 2 amide bonds. The van der Waals surface area contributed by atoms with Crippen LogP contribution >= 0.6 is 0 Å². The minimum absolute atomic E-state index is 0.149. The molecule has 0 radical (unpaired) electrons. The van der Waals surface area contributed by atoms with E-state index in [1.807, 2.05) is 0 Å². The third kappa shape index (κ3) is 4.67. The van der Waals surface area contributed by atoms with Gasteiger partial charge in [0.1, 0.15) is 0 Å². The number of hydrogen-bond acceptors (Lipinski definition) is 4. The van der Waals surface area contributed by atoms with Gasteiger partial charge in [-0.1, -0.05) is 24.3 Å². The molecular formula is C18H18N2O4. The summed E-state index contributed by atoms with van der Waals surface area (Å²) < 4.78 is 4.70. The Bertz CT molecular complexity index is 754. The van der Waals surface area contributed by atoms with E-state index < -0.39 is 5.97 Å². The summed E-state index contributed by atoms with van der Waals surface area (Å²) in [6.45, 7) is 1.43. The number of ether oxygens (including phenoxy) is 1. The Balaban J connectivity index is 2.03. The highest BCUT2D eigenvalue weighted by molar-refractivity contribution is 6.01. The lowest BCUT2D eigenvalue weighted by molar-refractivity contribution is -0.116. The van der Waals surface area contributed by atoms with Gasteiger partial charge in [-0.15, -0.1) is 0 Å². The molecule has 0 bridgehead atoms. The van der Waals surface area contributed by atoms with Crippen molar-refractivity contribution in [3.63, 3.8) is 0 Å². The normalized spacial score (nSPS) is 9.92. The first-order chi connectivity index (χ1) is 11.5. The Kier molecular flexibility index (Phi) is 5.68. The zero-order chi connectivity index (χ0) is 17.5. The van der Waals surface area contributed by atoms with E-state index in [2.05, 4.69) is 10.6 Å². The summed E-state index contributed by atoms with van der Waals surface area (Å²) in [6.07, 6.45) is 0.149. The second kappa shape index (κ2) is 7.92.